The topological polar surface area (TPSA) is 38.9 Å². The Kier molecular flexibility index (Phi) is 4.46. The largest absolute Gasteiger partial charge is 0.320 e. The van der Waals surface area contributed by atoms with E-state index in [4.69, 9.17) is 17.3 Å². The molecule has 2 nitrogen and oxygen atoms in total. The van der Waals surface area contributed by atoms with Gasteiger partial charge in [0.2, 0.25) is 0 Å². The minimum absolute atomic E-state index is 0. The van der Waals surface area contributed by atoms with E-state index in [2.05, 4.69) is 4.98 Å². The minimum Gasteiger partial charge on any atom is -0.320 e. The van der Waals surface area contributed by atoms with Crippen molar-refractivity contribution in [3.8, 4) is 0 Å². The van der Waals surface area contributed by atoms with Crippen molar-refractivity contribution < 1.29 is 0 Å². The zero-order valence-corrected chi connectivity index (χ0v) is 9.25. The lowest BCUT2D eigenvalue weighted by atomic mass is 10.2. The first-order valence-corrected chi connectivity index (χ1v) is 3.99. The minimum atomic E-state index is -0.162. The van der Waals surface area contributed by atoms with E-state index in [-0.39, 0.29) is 30.4 Å². The second-order valence-electron chi connectivity index (χ2n) is 3.02. The van der Waals surface area contributed by atoms with E-state index in [9.17, 15) is 0 Å². The van der Waals surface area contributed by atoms with Gasteiger partial charge in [-0.3, -0.25) is 4.98 Å². The van der Waals surface area contributed by atoms with Gasteiger partial charge in [0, 0.05) is 11.2 Å². The summed E-state index contributed by atoms with van der Waals surface area (Å²) in [5, 5.41) is 0.715. The highest BCUT2D eigenvalue weighted by Gasteiger charge is 2.41. The van der Waals surface area contributed by atoms with Gasteiger partial charge in [0.15, 0.2) is 0 Å². The van der Waals surface area contributed by atoms with E-state index in [1.165, 1.54) is 0 Å². The summed E-state index contributed by atoms with van der Waals surface area (Å²) in [5.74, 6) is 0. The fraction of sp³-hybridized carbons (Fsp3) is 0.375. The van der Waals surface area contributed by atoms with Crippen LogP contribution >= 0.6 is 36.4 Å². The highest BCUT2D eigenvalue weighted by Crippen LogP contribution is 2.41. The van der Waals surface area contributed by atoms with E-state index >= 15 is 0 Å². The highest BCUT2D eigenvalue weighted by atomic mass is 35.5. The molecule has 1 aromatic rings. The number of nitrogens with zero attached hydrogens (tertiary/aromatic N) is 1. The summed E-state index contributed by atoms with van der Waals surface area (Å²) >= 11 is 5.78. The predicted octanol–water partition coefficient (Wildman–Crippen LogP) is 2.53. The smallest absolute Gasteiger partial charge is 0.0617 e. The molecule has 1 aromatic heterocycles. The van der Waals surface area contributed by atoms with Crippen LogP contribution in [0.3, 0.4) is 0 Å². The maximum absolute atomic E-state index is 5.92. The molecule has 0 unspecified atom stereocenters. The highest BCUT2D eigenvalue weighted by molar-refractivity contribution is 6.30. The van der Waals surface area contributed by atoms with Gasteiger partial charge in [-0.2, -0.15) is 0 Å². The molecule has 1 aliphatic carbocycles. The van der Waals surface area contributed by atoms with Crippen molar-refractivity contribution in [2.75, 3.05) is 0 Å². The molecule has 1 aliphatic rings. The lowest BCUT2D eigenvalue weighted by Gasteiger charge is -2.06. The zero-order valence-electron chi connectivity index (χ0n) is 6.87. The van der Waals surface area contributed by atoms with Crippen molar-refractivity contribution in [1.29, 1.82) is 0 Å². The van der Waals surface area contributed by atoms with E-state index < -0.39 is 0 Å². The van der Waals surface area contributed by atoms with Gasteiger partial charge < -0.3 is 5.73 Å². The summed E-state index contributed by atoms with van der Waals surface area (Å²) < 4.78 is 0. The maximum Gasteiger partial charge on any atom is 0.0617 e. The molecule has 0 amide bonds. The summed E-state index contributed by atoms with van der Waals surface area (Å²) in [6, 6.07) is 3.60. The zero-order chi connectivity index (χ0) is 7.90. The third kappa shape index (κ3) is 2.71. The average Bonchev–Trinajstić information content (AvgIpc) is 2.70. The normalized spacial score (nSPS) is 16.8. The third-order valence-electron chi connectivity index (χ3n) is 2.02. The SMILES string of the molecule is Cl.Cl.NC1(c2cc(Cl)ccn2)CC1. The first-order valence-electron chi connectivity index (χ1n) is 3.62. The lowest BCUT2D eigenvalue weighted by Crippen LogP contribution is -2.19. The molecular weight excluding hydrogens is 230 g/mol. The molecule has 1 fully saturated rings. The fourth-order valence-corrected chi connectivity index (χ4v) is 1.23. The van der Waals surface area contributed by atoms with Crippen molar-refractivity contribution in [1.82, 2.24) is 4.98 Å². The van der Waals surface area contributed by atoms with Gasteiger partial charge in [-0.1, -0.05) is 11.6 Å². The van der Waals surface area contributed by atoms with Crippen molar-refractivity contribution >= 4 is 36.4 Å². The van der Waals surface area contributed by atoms with Gasteiger partial charge in [-0.05, 0) is 25.0 Å². The summed E-state index contributed by atoms with van der Waals surface area (Å²) in [6.45, 7) is 0. The van der Waals surface area contributed by atoms with Crippen LogP contribution in [0.25, 0.3) is 0 Å². The van der Waals surface area contributed by atoms with Gasteiger partial charge in [0.25, 0.3) is 0 Å². The summed E-state index contributed by atoms with van der Waals surface area (Å²) in [5.41, 5.74) is 6.68. The molecule has 0 aromatic carbocycles. The second-order valence-corrected chi connectivity index (χ2v) is 3.45. The number of aromatic nitrogens is 1. The summed E-state index contributed by atoms with van der Waals surface area (Å²) in [6.07, 6.45) is 3.76. The number of pyridine rings is 1. The van der Waals surface area contributed by atoms with Gasteiger partial charge in [-0.15, -0.1) is 24.8 Å². The van der Waals surface area contributed by atoms with Crippen molar-refractivity contribution in [3.05, 3.63) is 29.0 Å². The van der Waals surface area contributed by atoms with Crippen LogP contribution in [0.1, 0.15) is 18.5 Å². The van der Waals surface area contributed by atoms with Gasteiger partial charge in [-0.25, -0.2) is 0 Å². The molecule has 2 N–H and O–H groups in total. The fourth-order valence-electron chi connectivity index (χ4n) is 1.07. The number of hydrogen-bond acceptors (Lipinski definition) is 2. The predicted molar refractivity (Wildman–Crippen MR) is 58.8 cm³/mol. The summed E-state index contributed by atoms with van der Waals surface area (Å²) in [7, 11) is 0. The molecule has 0 aliphatic heterocycles. The Balaban J connectivity index is 0.000000720. The molecule has 1 saturated carbocycles. The molecule has 5 heteroatoms. The molecule has 0 atom stereocenters. The van der Waals surface area contributed by atoms with Gasteiger partial charge >= 0.3 is 0 Å². The number of halogens is 3. The Morgan fingerprint density at radius 1 is 1.38 bits per heavy atom. The van der Waals surface area contributed by atoms with Crippen LogP contribution in [-0.4, -0.2) is 4.98 Å². The first-order chi connectivity index (χ1) is 5.21. The Labute approximate surface area is 94.7 Å². The molecule has 2 rings (SSSR count). The average molecular weight is 242 g/mol. The molecule has 13 heavy (non-hydrogen) atoms. The van der Waals surface area contributed by atoms with E-state index in [1.54, 1.807) is 12.3 Å². The molecule has 0 bridgehead atoms. The standard InChI is InChI=1S/C8H9ClN2.2ClH/c9-6-1-4-11-7(5-6)8(10)2-3-8;;/h1,4-5H,2-3,10H2;2*1H. The molecule has 0 spiro atoms. The Morgan fingerprint density at radius 3 is 2.46 bits per heavy atom. The van der Waals surface area contributed by atoms with Crippen LogP contribution in [-0.2, 0) is 5.54 Å². The van der Waals surface area contributed by atoms with Crippen LogP contribution in [0.15, 0.2) is 18.3 Å². The number of rotatable bonds is 1. The lowest BCUT2D eigenvalue weighted by molar-refractivity contribution is 0.708. The van der Waals surface area contributed by atoms with Crippen LogP contribution in [0.4, 0.5) is 0 Å². The molecule has 0 saturated heterocycles. The number of nitrogens with two attached hydrogens (primary N) is 1. The van der Waals surface area contributed by atoms with Gasteiger partial charge in [0.1, 0.15) is 0 Å². The van der Waals surface area contributed by atoms with Crippen LogP contribution in [0.5, 0.6) is 0 Å². The Hall–Kier alpha value is -0.0200. The summed E-state index contributed by atoms with van der Waals surface area (Å²) in [4.78, 5) is 4.16. The van der Waals surface area contributed by atoms with Crippen LogP contribution in [0, 0.1) is 0 Å². The Bertz CT molecular complexity index is 286. The molecule has 0 radical (unpaired) electrons. The van der Waals surface area contributed by atoms with E-state index in [0.29, 0.717) is 5.02 Å². The molecule has 74 valence electrons. The quantitative estimate of drug-likeness (QED) is 0.821. The second kappa shape index (κ2) is 4.47. The van der Waals surface area contributed by atoms with Crippen LogP contribution in [0.2, 0.25) is 5.02 Å². The van der Waals surface area contributed by atoms with E-state index in [0.717, 1.165) is 18.5 Å². The van der Waals surface area contributed by atoms with E-state index in [1.807, 2.05) is 6.07 Å². The monoisotopic (exact) mass is 240 g/mol. The molecular formula is C8H11Cl3N2. The van der Waals surface area contributed by atoms with Gasteiger partial charge in [0.05, 0.1) is 11.2 Å². The van der Waals surface area contributed by atoms with Crippen molar-refractivity contribution in [2.45, 2.75) is 18.4 Å². The Morgan fingerprint density at radius 2 is 2.00 bits per heavy atom. The van der Waals surface area contributed by atoms with Crippen LogP contribution < -0.4 is 5.73 Å². The maximum atomic E-state index is 5.92. The number of hydrogen-bond donors (Lipinski definition) is 1. The third-order valence-corrected chi connectivity index (χ3v) is 2.26. The van der Waals surface area contributed by atoms with Crippen molar-refractivity contribution in [3.63, 3.8) is 0 Å². The first kappa shape index (κ1) is 13.0. The molecule has 1 heterocycles. The van der Waals surface area contributed by atoms with Crippen molar-refractivity contribution in [2.24, 2.45) is 5.73 Å².